The van der Waals surface area contributed by atoms with Crippen LogP contribution in [-0.2, 0) is 0 Å². The Hall–Kier alpha value is -0.0400. The first-order chi connectivity index (χ1) is 4.63. The molecule has 0 aromatic heterocycles. The molecule has 0 aromatic rings. The Morgan fingerprint density at radius 2 is 1.60 bits per heavy atom. The zero-order valence-corrected chi connectivity index (χ0v) is 7.30. The molecule has 1 rings (SSSR count). The molecule has 0 aromatic carbocycles. The van der Waals surface area contributed by atoms with Gasteiger partial charge in [-0.15, -0.1) is 0 Å². The number of rotatable bonds is 2. The lowest BCUT2D eigenvalue weighted by Gasteiger charge is -2.42. The normalized spacial score (nSPS) is 35.7. The molecular weight excluding hydrogens is 122 g/mol. The van der Waals surface area contributed by atoms with Crippen LogP contribution in [0.15, 0.2) is 0 Å². The summed E-state index contributed by atoms with van der Waals surface area (Å²) in [4.78, 5) is 0. The van der Waals surface area contributed by atoms with Crippen LogP contribution in [0.5, 0.6) is 0 Å². The minimum Gasteiger partial charge on any atom is -0.328 e. The molecule has 0 bridgehead atoms. The van der Waals surface area contributed by atoms with Crippen molar-refractivity contribution in [1.29, 1.82) is 0 Å². The molecule has 1 saturated carbocycles. The van der Waals surface area contributed by atoms with Crippen molar-refractivity contribution in [3.05, 3.63) is 0 Å². The van der Waals surface area contributed by atoms with Gasteiger partial charge < -0.3 is 5.73 Å². The summed E-state index contributed by atoms with van der Waals surface area (Å²) in [5.41, 5.74) is 5.83. The molecule has 60 valence electrons. The Morgan fingerprint density at radius 1 is 1.10 bits per heavy atom. The third-order valence-corrected chi connectivity index (χ3v) is 2.91. The van der Waals surface area contributed by atoms with Gasteiger partial charge in [0.15, 0.2) is 0 Å². The summed E-state index contributed by atoms with van der Waals surface area (Å²) in [6.45, 7) is 6.75. The second-order valence-corrected chi connectivity index (χ2v) is 4.01. The fourth-order valence-corrected chi connectivity index (χ4v) is 2.03. The number of hydrogen-bond acceptors (Lipinski definition) is 1. The zero-order chi connectivity index (χ0) is 7.72. The van der Waals surface area contributed by atoms with Gasteiger partial charge in [0.25, 0.3) is 0 Å². The van der Waals surface area contributed by atoms with Crippen molar-refractivity contribution in [2.24, 2.45) is 23.5 Å². The summed E-state index contributed by atoms with van der Waals surface area (Å²) in [7, 11) is 0. The summed E-state index contributed by atoms with van der Waals surface area (Å²) in [5, 5.41) is 0. The molecule has 0 aliphatic heterocycles. The Morgan fingerprint density at radius 3 is 1.70 bits per heavy atom. The highest BCUT2D eigenvalue weighted by molar-refractivity contribution is 4.87. The maximum Gasteiger partial charge on any atom is 0.00415 e. The van der Waals surface area contributed by atoms with E-state index < -0.39 is 0 Å². The summed E-state index contributed by atoms with van der Waals surface area (Å²) in [6.07, 6.45) is 2.77. The fraction of sp³-hybridized carbons (Fsp3) is 1.00. The molecule has 10 heavy (non-hydrogen) atoms. The number of hydrogen-bond donors (Lipinski definition) is 1. The molecule has 0 spiro atoms. The van der Waals surface area contributed by atoms with Crippen molar-refractivity contribution < 1.29 is 0 Å². The SMILES string of the molecule is CC(C)C1CCC1C(C)N. The van der Waals surface area contributed by atoms with Gasteiger partial charge in [-0.1, -0.05) is 13.8 Å². The second-order valence-electron chi connectivity index (χ2n) is 4.01. The predicted molar refractivity (Wildman–Crippen MR) is 44.7 cm³/mol. The molecule has 1 fully saturated rings. The van der Waals surface area contributed by atoms with E-state index in [2.05, 4.69) is 20.8 Å². The lowest BCUT2D eigenvalue weighted by atomic mass is 9.65. The molecule has 0 amide bonds. The Balaban J connectivity index is 2.36. The molecule has 1 nitrogen and oxygen atoms in total. The molecule has 3 atom stereocenters. The average Bonchev–Trinajstić information content (AvgIpc) is 1.56. The minimum absolute atomic E-state index is 0.418. The van der Waals surface area contributed by atoms with E-state index in [0.29, 0.717) is 6.04 Å². The molecule has 0 radical (unpaired) electrons. The van der Waals surface area contributed by atoms with Crippen LogP contribution in [0.2, 0.25) is 0 Å². The molecule has 1 aliphatic carbocycles. The average molecular weight is 141 g/mol. The Kier molecular flexibility index (Phi) is 2.35. The van der Waals surface area contributed by atoms with E-state index in [1.807, 2.05) is 0 Å². The monoisotopic (exact) mass is 141 g/mol. The molecule has 3 unspecified atom stereocenters. The molecular formula is C9H19N. The largest absolute Gasteiger partial charge is 0.328 e. The molecule has 1 heteroatoms. The third-order valence-electron chi connectivity index (χ3n) is 2.91. The highest BCUT2D eigenvalue weighted by Gasteiger charge is 2.34. The highest BCUT2D eigenvalue weighted by atomic mass is 14.7. The summed E-state index contributed by atoms with van der Waals surface area (Å²) < 4.78 is 0. The van der Waals surface area contributed by atoms with Crippen molar-refractivity contribution in [2.75, 3.05) is 0 Å². The maximum absolute atomic E-state index is 5.83. The van der Waals surface area contributed by atoms with E-state index in [1.165, 1.54) is 12.8 Å². The lowest BCUT2D eigenvalue weighted by Crippen LogP contribution is -2.41. The lowest BCUT2D eigenvalue weighted by molar-refractivity contribution is 0.102. The van der Waals surface area contributed by atoms with Gasteiger partial charge in [0.2, 0.25) is 0 Å². The molecule has 2 N–H and O–H groups in total. The predicted octanol–water partition coefficient (Wildman–Crippen LogP) is 2.02. The van der Waals surface area contributed by atoms with Crippen LogP contribution >= 0.6 is 0 Å². The van der Waals surface area contributed by atoms with Crippen LogP contribution in [0, 0.1) is 17.8 Å². The van der Waals surface area contributed by atoms with Crippen molar-refractivity contribution in [1.82, 2.24) is 0 Å². The third kappa shape index (κ3) is 1.34. The van der Waals surface area contributed by atoms with Gasteiger partial charge in [0.05, 0.1) is 0 Å². The van der Waals surface area contributed by atoms with E-state index in [4.69, 9.17) is 5.73 Å². The quantitative estimate of drug-likeness (QED) is 0.625. The maximum atomic E-state index is 5.83. The van der Waals surface area contributed by atoms with Gasteiger partial charge in [-0.3, -0.25) is 0 Å². The Labute approximate surface area is 64.0 Å². The highest BCUT2D eigenvalue weighted by Crippen LogP contribution is 2.40. The van der Waals surface area contributed by atoms with Gasteiger partial charge in [0.1, 0.15) is 0 Å². The topological polar surface area (TPSA) is 26.0 Å². The smallest absolute Gasteiger partial charge is 0.00415 e. The van der Waals surface area contributed by atoms with Crippen LogP contribution in [-0.4, -0.2) is 6.04 Å². The van der Waals surface area contributed by atoms with Crippen LogP contribution in [0.3, 0.4) is 0 Å². The summed E-state index contributed by atoms with van der Waals surface area (Å²) >= 11 is 0. The van der Waals surface area contributed by atoms with E-state index in [1.54, 1.807) is 0 Å². The first-order valence-electron chi connectivity index (χ1n) is 4.38. The summed E-state index contributed by atoms with van der Waals surface area (Å²) in [5.74, 6) is 2.57. The Bertz CT molecular complexity index is 93.3. The van der Waals surface area contributed by atoms with Crippen LogP contribution in [0.25, 0.3) is 0 Å². The number of nitrogens with two attached hydrogens (primary N) is 1. The van der Waals surface area contributed by atoms with Gasteiger partial charge in [0, 0.05) is 6.04 Å². The van der Waals surface area contributed by atoms with Crippen LogP contribution in [0.4, 0.5) is 0 Å². The molecule has 1 aliphatic rings. The van der Waals surface area contributed by atoms with Crippen molar-refractivity contribution in [2.45, 2.75) is 39.7 Å². The van der Waals surface area contributed by atoms with E-state index in [-0.39, 0.29) is 0 Å². The summed E-state index contributed by atoms with van der Waals surface area (Å²) in [6, 6.07) is 0.418. The van der Waals surface area contributed by atoms with Gasteiger partial charge in [-0.05, 0) is 37.5 Å². The van der Waals surface area contributed by atoms with E-state index in [9.17, 15) is 0 Å². The first kappa shape index (κ1) is 8.06. The minimum atomic E-state index is 0.418. The van der Waals surface area contributed by atoms with Crippen LogP contribution in [0.1, 0.15) is 33.6 Å². The van der Waals surface area contributed by atoms with Gasteiger partial charge in [-0.25, -0.2) is 0 Å². The van der Waals surface area contributed by atoms with E-state index in [0.717, 1.165) is 17.8 Å². The van der Waals surface area contributed by atoms with Crippen molar-refractivity contribution in [3.8, 4) is 0 Å². The molecule has 0 heterocycles. The first-order valence-corrected chi connectivity index (χ1v) is 4.38. The van der Waals surface area contributed by atoms with Crippen molar-refractivity contribution in [3.63, 3.8) is 0 Å². The van der Waals surface area contributed by atoms with E-state index >= 15 is 0 Å². The van der Waals surface area contributed by atoms with Crippen molar-refractivity contribution >= 4 is 0 Å². The fourth-order valence-electron chi connectivity index (χ4n) is 2.03. The second kappa shape index (κ2) is 2.91. The molecule has 0 saturated heterocycles. The van der Waals surface area contributed by atoms with Crippen LogP contribution < -0.4 is 5.73 Å². The standard InChI is InChI=1S/C9H19N/c1-6(2)8-4-5-9(8)7(3)10/h6-9H,4-5,10H2,1-3H3. The van der Waals surface area contributed by atoms with Gasteiger partial charge in [-0.2, -0.15) is 0 Å². The van der Waals surface area contributed by atoms with Gasteiger partial charge >= 0.3 is 0 Å². The zero-order valence-electron chi connectivity index (χ0n) is 7.30.